The molecule has 0 spiro atoms. The molecule has 0 bridgehead atoms. The minimum Gasteiger partial charge on any atom is -0.454 e. The number of amides is 3. The summed E-state index contributed by atoms with van der Waals surface area (Å²) in [6, 6.07) is 10.6. The van der Waals surface area contributed by atoms with Gasteiger partial charge in [-0.05, 0) is 30.7 Å². The molecule has 2 aromatic carbocycles. The summed E-state index contributed by atoms with van der Waals surface area (Å²) < 4.78 is 24.5. The van der Waals surface area contributed by atoms with E-state index in [0.717, 1.165) is 4.90 Å². The zero-order valence-electron chi connectivity index (χ0n) is 13.4. The number of carbonyl (C=O) groups is 2. The first kappa shape index (κ1) is 15.4. The zero-order valence-corrected chi connectivity index (χ0v) is 13.4. The van der Waals surface area contributed by atoms with E-state index < -0.39 is 23.3 Å². The summed E-state index contributed by atoms with van der Waals surface area (Å²) in [4.78, 5) is 26.3. The van der Waals surface area contributed by atoms with E-state index >= 15 is 0 Å². The van der Waals surface area contributed by atoms with Gasteiger partial charge in [-0.25, -0.2) is 9.18 Å². The van der Waals surface area contributed by atoms with Crippen LogP contribution in [0, 0.1) is 5.82 Å². The summed E-state index contributed by atoms with van der Waals surface area (Å²) in [5.74, 6) is 0.208. The Morgan fingerprint density at radius 1 is 1.16 bits per heavy atom. The number of benzene rings is 2. The molecule has 3 amide bonds. The Labute approximate surface area is 143 Å². The van der Waals surface area contributed by atoms with E-state index in [0.29, 0.717) is 17.1 Å². The molecule has 2 aliphatic heterocycles. The number of nitrogens with one attached hydrogen (secondary N) is 1. The molecular weight excluding hydrogens is 327 g/mol. The molecule has 0 aliphatic carbocycles. The van der Waals surface area contributed by atoms with Crippen LogP contribution in [-0.2, 0) is 16.9 Å². The van der Waals surface area contributed by atoms with Crippen LogP contribution in [0.25, 0.3) is 0 Å². The van der Waals surface area contributed by atoms with E-state index in [1.54, 1.807) is 43.3 Å². The van der Waals surface area contributed by atoms with Gasteiger partial charge < -0.3 is 14.8 Å². The maximum Gasteiger partial charge on any atom is 0.325 e. The van der Waals surface area contributed by atoms with Crippen molar-refractivity contribution in [2.45, 2.75) is 19.0 Å². The number of carbonyl (C=O) groups excluding carboxylic acids is 2. The van der Waals surface area contributed by atoms with Crippen LogP contribution in [0.4, 0.5) is 9.18 Å². The van der Waals surface area contributed by atoms with Gasteiger partial charge in [-0.15, -0.1) is 0 Å². The van der Waals surface area contributed by atoms with Crippen molar-refractivity contribution in [3.05, 3.63) is 59.4 Å². The van der Waals surface area contributed by atoms with E-state index in [1.165, 1.54) is 6.07 Å². The van der Waals surface area contributed by atoms with Crippen LogP contribution >= 0.6 is 0 Å². The number of halogens is 1. The molecule has 2 aliphatic rings. The highest BCUT2D eigenvalue weighted by molar-refractivity contribution is 6.07. The minimum atomic E-state index is -1.25. The molecule has 0 radical (unpaired) electrons. The van der Waals surface area contributed by atoms with E-state index in [2.05, 4.69) is 5.32 Å². The maximum atomic E-state index is 13.9. The van der Waals surface area contributed by atoms with Crippen LogP contribution < -0.4 is 14.8 Å². The molecule has 0 aromatic heterocycles. The lowest BCUT2D eigenvalue weighted by atomic mass is 9.91. The van der Waals surface area contributed by atoms with E-state index in [9.17, 15) is 14.0 Å². The average molecular weight is 342 g/mol. The highest BCUT2D eigenvalue weighted by atomic mass is 19.1. The van der Waals surface area contributed by atoms with Crippen LogP contribution in [0.15, 0.2) is 42.5 Å². The Hall–Kier alpha value is -3.09. The standard InChI is InChI=1S/C18H15FN2O4/c1-18(12-6-7-14-15(8-12)25-10-24-14)16(22)21(17(23)20-18)9-11-4-2-3-5-13(11)19/h2-8H,9-10H2,1H3,(H,20,23). The zero-order chi connectivity index (χ0) is 17.6. The second-order valence-electron chi connectivity index (χ2n) is 6.11. The lowest BCUT2D eigenvalue weighted by Crippen LogP contribution is -2.40. The Bertz CT molecular complexity index is 885. The van der Waals surface area contributed by atoms with Gasteiger partial charge in [-0.1, -0.05) is 24.3 Å². The first-order valence-electron chi connectivity index (χ1n) is 7.77. The summed E-state index contributed by atoms with van der Waals surface area (Å²) in [5, 5.41) is 2.70. The molecule has 0 saturated carbocycles. The third-order valence-electron chi connectivity index (χ3n) is 4.51. The second-order valence-corrected chi connectivity index (χ2v) is 6.11. The summed E-state index contributed by atoms with van der Waals surface area (Å²) in [6.45, 7) is 1.61. The van der Waals surface area contributed by atoms with Crippen LogP contribution in [0.2, 0.25) is 0 Å². The molecule has 1 fully saturated rings. The van der Waals surface area contributed by atoms with Crippen LogP contribution in [0.1, 0.15) is 18.1 Å². The monoisotopic (exact) mass is 342 g/mol. The summed E-state index contributed by atoms with van der Waals surface area (Å²) in [5.41, 5.74) is -0.393. The molecule has 25 heavy (non-hydrogen) atoms. The predicted octanol–water partition coefficient (Wildman–Crippen LogP) is 2.52. The molecule has 7 heteroatoms. The van der Waals surface area contributed by atoms with Crippen LogP contribution in [-0.4, -0.2) is 23.6 Å². The number of urea groups is 1. The van der Waals surface area contributed by atoms with Gasteiger partial charge in [0.2, 0.25) is 6.79 Å². The molecule has 128 valence electrons. The highest BCUT2D eigenvalue weighted by Crippen LogP contribution is 2.38. The van der Waals surface area contributed by atoms with Crippen molar-refractivity contribution in [1.82, 2.24) is 10.2 Å². The van der Waals surface area contributed by atoms with Gasteiger partial charge in [0.05, 0.1) is 6.54 Å². The Morgan fingerprint density at radius 3 is 2.72 bits per heavy atom. The van der Waals surface area contributed by atoms with Gasteiger partial charge in [0.25, 0.3) is 5.91 Å². The summed E-state index contributed by atoms with van der Waals surface area (Å²) in [6.07, 6.45) is 0. The second kappa shape index (κ2) is 5.47. The fourth-order valence-electron chi connectivity index (χ4n) is 3.04. The Balaban J connectivity index is 1.65. The fourth-order valence-corrected chi connectivity index (χ4v) is 3.04. The summed E-state index contributed by atoms with van der Waals surface area (Å²) in [7, 11) is 0. The lowest BCUT2D eigenvalue weighted by molar-refractivity contribution is -0.131. The SMILES string of the molecule is CC1(c2ccc3c(c2)OCO3)NC(=O)N(Cc2ccccc2F)C1=O. The van der Waals surface area contributed by atoms with Crippen LogP contribution in [0.3, 0.4) is 0 Å². The van der Waals surface area contributed by atoms with Gasteiger partial charge in [0.1, 0.15) is 11.4 Å². The van der Waals surface area contributed by atoms with Crippen molar-refractivity contribution < 1.29 is 23.5 Å². The third-order valence-corrected chi connectivity index (χ3v) is 4.51. The quantitative estimate of drug-likeness (QED) is 0.871. The molecule has 1 atom stereocenters. The third kappa shape index (κ3) is 2.39. The lowest BCUT2D eigenvalue weighted by Gasteiger charge is -2.22. The Morgan fingerprint density at radius 2 is 1.92 bits per heavy atom. The first-order chi connectivity index (χ1) is 12.0. The molecule has 1 unspecified atom stereocenters. The van der Waals surface area contributed by atoms with Crippen molar-refractivity contribution in [2.24, 2.45) is 0 Å². The molecule has 2 aromatic rings. The van der Waals surface area contributed by atoms with E-state index in [1.807, 2.05) is 0 Å². The van der Waals surface area contributed by atoms with Gasteiger partial charge in [0, 0.05) is 5.56 Å². The molecular formula is C18H15FN2O4. The molecule has 1 saturated heterocycles. The van der Waals surface area contributed by atoms with E-state index in [-0.39, 0.29) is 18.9 Å². The highest BCUT2D eigenvalue weighted by Gasteiger charge is 2.49. The number of ether oxygens (including phenoxy) is 2. The smallest absolute Gasteiger partial charge is 0.325 e. The van der Waals surface area contributed by atoms with Gasteiger partial charge in [0.15, 0.2) is 11.5 Å². The topological polar surface area (TPSA) is 67.9 Å². The van der Waals surface area contributed by atoms with Crippen molar-refractivity contribution >= 4 is 11.9 Å². The largest absolute Gasteiger partial charge is 0.454 e. The fraction of sp³-hybridized carbons (Fsp3) is 0.222. The number of rotatable bonds is 3. The molecule has 2 heterocycles. The van der Waals surface area contributed by atoms with Crippen LogP contribution in [0.5, 0.6) is 11.5 Å². The normalized spacial score (nSPS) is 21.6. The van der Waals surface area contributed by atoms with Crippen molar-refractivity contribution in [3.63, 3.8) is 0 Å². The number of fused-ring (bicyclic) bond motifs is 1. The van der Waals surface area contributed by atoms with Crippen molar-refractivity contribution in [1.29, 1.82) is 0 Å². The van der Waals surface area contributed by atoms with Crippen molar-refractivity contribution in [3.8, 4) is 11.5 Å². The summed E-state index contributed by atoms with van der Waals surface area (Å²) >= 11 is 0. The molecule has 1 N–H and O–H groups in total. The molecule has 6 nitrogen and oxygen atoms in total. The number of imide groups is 1. The van der Waals surface area contributed by atoms with Gasteiger partial charge in [-0.3, -0.25) is 9.69 Å². The van der Waals surface area contributed by atoms with E-state index in [4.69, 9.17) is 9.47 Å². The molecule has 4 rings (SSSR count). The van der Waals surface area contributed by atoms with Gasteiger partial charge >= 0.3 is 6.03 Å². The number of hydrogen-bond donors (Lipinski definition) is 1. The minimum absolute atomic E-state index is 0.120. The van der Waals surface area contributed by atoms with Gasteiger partial charge in [-0.2, -0.15) is 0 Å². The maximum absolute atomic E-state index is 13.9. The average Bonchev–Trinajstić information content (AvgIpc) is 3.15. The number of hydrogen-bond acceptors (Lipinski definition) is 4. The predicted molar refractivity (Wildman–Crippen MR) is 85.4 cm³/mol. The Kier molecular flexibility index (Phi) is 3.38. The number of nitrogens with zero attached hydrogens (tertiary/aromatic N) is 1. The first-order valence-corrected chi connectivity index (χ1v) is 7.77. The van der Waals surface area contributed by atoms with Crippen molar-refractivity contribution in [2.75, 3.05) is 6.79 Å².